The van der Waals surface area contributed by atoms with Crippen LogP contribution in [0.3, 0.4) is 0 Å². The Hall–Kier alpha value is -2.67. The van der Waals surface area contributed by atoms with E-state index in [2.05, 4.69) is 46.1 Å². The number of hydrogen-bond acceptors (Lipinski definition) is 4. The zero-order valence-corrected chi connectivity index (χ0v) is 18.9. The Morgan fingerprint density at radius 3 is 2.47 bits per heavy atom. The number of benzene rings is 1. The Labute approximate surface area is 188 Å². The third-order valence-corrected chi connectivity index (χ3v) is 7.14. The number of aromatic nitrogens is 2. The van der Waals surface area contributed by atoms with Crippen molar-refractivity contribution in [2.45, 2.75) is 57.9 Å². The van der Waals surface area contributed by atoms with Crippen molar-refractivity contribution in [3.63, 3.8) is 0 Å². The zero-order valence-electron chi connectivity index (χ0n) is 18.9. The number of nitrogens with zero attached hydrogens (tertiary/aromatic N) is 2. The van der Waals surface area contributed by atoms with Crippen molar-refractivity contribution in [3.05, 3.63) is 68.0 Å². The summed E-state index contributed by atoms with van der Waals surface area (Å²) in [6.07, 6.45) is 7.44. The number of hydrogen-bond donors (Lipinski definition) is 2. The van der Waals surface area contributed by atoms with Gasteiger partial charge in [-0.3, -0.25) is 14.6 Å². The average Bonchev–Trinajstić information content (AvgIpc) is 3.31. The highest BCUT2D eigenvalue weighted by Gasteiger charge is 2.31. The molecule has 2 aromatic rings. The van der Waals surface area contributed by atoms with Crippen molar-refractivity contribution in [2.24, 2.45) is 5.92 Å². The van der Waals surface area contributed by atoms with E-state index in [4.69, 9.17) is 0 Å². The van der Waals surface area contributed by atoms with E-state index in [1.807, 2.05) is 4.90 Å². The molecule has 7 heteroatoms. The second-order valence-electron chi connectivity index (χ2n) is 9.36. The first-order valence-corrected chi connectivity index (χ1v) is 11.9. The lowest BCUT2D eigenvalue weighted by atomic mass is 9.94. The van der Waals surface area contributed by atoms with E-state index in [0.717, 1.165) is 64.6 Å². The van der Waals surface area contributed by atoms with Crippen LogP contribution in [0, 0.1) is 12.8 Å². The first-order chi connectivity index (χ1) is 15.5. The van der Waals surface area contributed by atoms with Gasteiger partial charge in [0.15, 0.2) is 0 Å². The molecular formula is C25H34N4O3. The molecule has 1 aromatic carbocycles. The van der Waals surface area contributed by atoms with Crippen LogP contribution in [0.2, 0.25) is 0 Å². The fourth-order valence-corrected chi connectivity index (χ4v) is 5.19. The van der Waals surface area contributed by atoms with Crippen molar-refractivity contribution < 1.29 is 4.79 Å². The van der Waals surface area contributed by atoms with Gasteiger partial charge < -0.3 is 14.8 Å². The minimum Gasteiger partial charge on any atom is -0.334 e. The summed E-state index contributed by atoms with van der Waals surface area (Å²) in [4.78, 5) is 45.8. The number of likely N-dealkylation sites (tertiary alicyclic amines) is 1. The van der Waals surface area contributed by atoms with Gasteiger partial charge in [-0.05, 0) is 69.2 Å². The molecule has 0 bridgehead atoms. The number of nitrogens with one attached hydrogen (secondary N) is 2. The summed E-state index contributed by atoms with van der Waals surface area (Å²) in [5.74, 6) is 0.227. The number of carbonyl (C=O) groups excluding carboxylic acids is 1. The van der Waals surface area contributed by atoms with Crippen LogP contribution < -0.4 is 11.2 Å². The Bertz CT molecular complexity index is 1000. The van der Waals surface area contributed by atoms with Crippen molar-refractivity contribution in [2.75, 3.05) is 26.2 Å². The number of H-pyrrole nitrogens is 2. The maximum Gasteiger partial charge on any atom is 0.326 e. The molecule has 1 saturated carbocycles. The highest BCUT2D eigenvalue weighted by Crippen LogP contribution is 2.28. The van der Waals surface area contributed by atoms with Crippen molar-refractivity contribution in [3.8, 4) is 0 Å². The number of aryl methyl sites for hydroxylation is 1. The maximum absolute atomic E-state index is 13.3. The molecule has 1 aliphatic heterocycles. The van der Waals surface area contributed by atoms with Gasteiger partial charge in [-0.25, -0.2) is 4.79 Å². The van der Waals surface area contributed by atoms with E-state index < -0.39 is 11.2 Å². The normalized spacial score (nSPS) is 18.2. The molecule has 1 saturated heterocycles. The van der Waals surface area contributed by atoms with Gasteiger partial charge in [0, 0.05) is 25.2 Å². The van der Waals surface area contributed by atoms with Crippen molar-refractivity contribution in [1.82, 2.24) is 19.8 Å². The molecule has 172 valence electrons. The van der Waals surface area contributed by atoms with E-state index >= 15 is 0 Å². The van der Waals surface area contributed by atoms with E-state index in [-0.39, 0.29) is 17.6 Å². The fraction of sp³-hybridized carbons (Fsp3) is 0.560. The molecule has 32 heavy (non-hydrogen) atoms. The van der Waals surface area contributed by atoms with E-state index in [0.29, 0.717) is 12.5 Å². The van der Waals surface area contributed by atoms with Crippen LogP contribution >= 0.6 is 0 Å². The predicted octanol–water partition coefficient (Wildman–Crippen LogP) is 2.71. The summed E-state index contributed by atoms with van der Waals surface area (Å²) in [7, 11) is 0. The van der Waals surface area contributed by atoms with Crippen LogP contribution in [0.5, 0.6) is 0 Å². The van der Waals surface area contributed by atoms with Gasteiger partial charge in [-0.2, -0.15) is 0 Å². The molecule has 0 radical (unpaired) electrons. The van der Waals surface area contributed by atoms with Crippen LogP contribution in [-0.2, 0) is 6.42 Å². The second-order valence-corrected chi connectivity index (χ2v) is 9.36. The predicted molar refractivity (Wildman–Crippen MR) is 125 cm³/mol. The summed E-state index contributed by atoms with van der Waals surface area (Å²) in [5, 5.41) is 0. The SMILES string of the molecule is Cc1ccccc1CCN1CCC(CN(C(=O)c2cc(=O)[nH]c(=O)[nH]2)C2CCCC2)CC1. The third-order valence-electron chi connectivity index (χ3n) is 7.14. The number of amides is 1. The van der Waals surface area contributed by atoms with Gasteiger partial charge in [0.1, 0.15) is 5.69 Å². The quantitative estimate of drug-likeness (QED) is 0.696. The standard InChI is InChI=1S/C25H34N4O3/c1-18-6-2-3-7-20(18)12-15-28-13-10-19(11-14-28)17-29(21-8-4-5-9-21)24(31)22-16-23(30)27-25(32)26-22/h2-3,6-7,16,19,21H,4-5,8-15,17H2,1H3,(H2,26,27,30,32). The van der Waals surface area contributed by atoms with Gasteiger partial charge in [-0.1, -0.05) is 37.1 Å². The molecule has 2 heterocycles. The van der Waals surface area contributed by atoms with E-state index in [9.17, 15) is 14.4 Å². The summed E-state index contributed by atoms with van der Waals surface area (Å²) < 4.78 is 0. The molecule has 4 rings (SSSR count). The van der Waals surface area contributed by atoms with Crippen molar-refractivity contribution >= 4 is 5.91 Å². The first-order valence-electron chi connectivity index (χ1n) is 11.9. The molecule has 1 aromatic heterocycles. The zero-order chi connectivity index (χ0) is 22.5. The van der Waals surface area contributed by atoms with Gasteiger partial charge in [0.2, 0.25) is 0 Å². The Kier molecular flexibility index (Phi) is 7.25. The first kappa shape index (κ1) is 22.5. The number of aromatic amines is 2. The lowest BCUT2D eigenvalue weighted by Crippen LogP contribution is -2.46. The lowest BCUT2D eigenvalue weighted by molar-refractivity contribution is 0.0592. The molecule has 1 amide bonds. The number of rotatable bonds is 7. The fourth-order valence-electron chi connectivity index (χ4n) is 5.19. The van der Waals surface area contributed by atoms with Gasteiger partial charge >= 0.3 is 5.69 Å². The minimum absolute atomic E-state index is 0.0984. The summed E-state index contributed by atoms with van der Waals surface area (Å²) >= 11 is 0. The van der Waals surface area contributed by atoms with Crippen LogP contribution in [-0.4, -0.2) is 57.9 Å². The van der Waals surface area contributed by atoms with Crippen LogP contribution in [0.4, 0.5) is 0 Å². The Balaban J connectivity index is 1.36. The molecule has 0 unspecified atom stereocenters. The Morgan fingerprint density at radius 2 is 1.78 bits per heavy atom. The summed E-state index contributed by atoms with van der Waals surface area (Å²) in [6.45, 7) is 6.03. The number of carbonyl (C=O) groups is 1. The van der Waals surface area contributed by atoms with Gasteiger partial charge in [0.05, 0.1) is 0 Å². The van der Waals surface area contributed by atoms with E-state index in [1.165, 1.54) is 17.2 Å². The highest BCUT2D eigenvalue weighted by molar-refractivity contribution is 5.92. The third kappa shape index (κ3) is 5.57. The van der Waals surface area contributed by atoms with Gasteiger partial charge in [0.25, 0.3) is 11.5 Å². The molecule has 2 aliphatic rings. The molecule has 2 fully saturated rings. The maximum atomic E-state index is 13.3. The topological polar surface area (TPSA) is 89.3 Å². The lowest BCUT2D eigenvalue weighted by Gasteiger charge is -2.37. The summed E-state index contributed by atoms with van der Waals surface area (Å²) in [6, 6.07) is 9.99. The molecular weight excluding hydrogens is 404 g/mol. The van der Waals surface area contributed by atoms with Crippen LogP contribution in [0.25, 0.3) is 0 Å². The van der Waals surface area contributed by atoms with Crippen LogP contribution in [0.15, 0.2) is 39.9 Å². The molecule has 0 spiro atoms. The highest BCUT2D eigenvalue weighted by atomic mass is 16.2. The number of piperidine rings is 1. The second kappa shape index (κ2) is 10.3. The van der Waals surface area contributed by atoms with E-state index in [1.54, 1.807) is 0 Å². The van der Waals surface area contributed by atoms with Gasteiger partial charge in [-0.15, -0.1) is 0 Å². The smallest absolute Gasteiger partial charge is 0.326 e. The molecule has 7 nitrogen and oxygen atoms in total. The molecule has 0 atom stereocenters. The summed E-state index contributed by atoms with van der Waals surface area (Å²) in [5.41, 5.74) is 1.70. The molecule has 1 aliphatic carbocycles. The molecule has 2 N–H and O–H groups in total. The Morgan fingerprint density at radius 1 is 1.06 bits per heavy atom. The monoisotopic (exact) mass is 438 g/mol. The van der Waals surface area contributed by atoms with Crippen molar-refractivity contribution in [1.29, 1.82) is 0 Å². The minimum atomic E-state index is -0.630. The average molecular weight is 439 g/mol. The van der Waals surface area contributed by atoms with Crippen LogP contribution in [0.1, 0.15) is 60.1 Å². The largest absolute Gasteiger partial charge is 0.334 e.